The molecule has 182 valence electrons. The third kappa shape index (κ3) is 5.08. The van der Waals surface area contributed by atoms with Crippen LogP contribution in [0.4, 0.5) is 50.4 Å². The minimum atomic E-state index is -5.98. The Balaban J connectivity index is 1.97. The largest absolute Gasteiger partial charge is 0.506 e. The fraction of sp³-hybridized carbons (Fsp3) is 0.238. The predicted octanol–water partition coefficient (Wildman–Crippen LogP) is 7.25. The lowest BCUT2D eigenvalue weighted by atomic mass is 10.2. The molecule has 1 heterocycles. The Morgan fingerprint density at radius 3 is 2.29 bits per heavy atom. The van der Waals surface area contributed by atoms with Crippen molar-refractivity contribution < 1.29 is 27.1 Å². The maximum absolute atomic E-state index is 13.9. The predicted molar refractivity (Wildman–Crippen MR) is 115 cm³/mol. The van der Waals surface area contributed by atoms with E-state index in [2.05, 4.69) is 25.3 Å². The molecule has 1 aromatic heterocycles. The minimum absolute atomic E-state index is 0.0678. The van der Waals surface area contributed by atoms with Crippen LogP contribution in [0.2, 0.25) is 0 Å². The van der Waals surface area contributed by atoms with E-state index in [1.807, 2.05) is 0 Å². The van der Waals surface area contributed by atoms with Gasteiger partial charge >= 0.3 is 12.1 Å². The van der Waals surface area contributed by atoms with Crippen LogP contribution in [0.3, 0.4) is 0 Å². The number of halogens is 5. The van der Waals surface area contributed by atoms with E-state index < -0.39 is 29.0 Å². The molecule has 0 saturated heterocycles. The number of benzene rings is 2. The van der Waals surface area contributed by atoms with Gasteiger partial charge in [-0.2, -0.15) is 32.2 Å². The fourth-order valence-electron chi connectivity index (χ4n) is 2.83. The molecule has 0 spiro atoms. The minimum Gasteiger partial charge on any atom is -0.506 e. The molecule has 0 aliphatic carbocycles. The van der Waals surface area contributed by atoms with Gasteiger partial charge in [0.15, 0.2) is 5.69 Å². The van der Waals surface area contributed by atoms with Crippen LogP contribution in [0.15, 0.2) is 61.6 Å². The Labute approximate surface area is 194 Å². The molecule has 0 saturated carbocycles. The number of H-pyrrole nitrogens is 1. The summed E-state index contributed by atoms with van der Waals surface area (Å²) in [6.07, 6.45) is -5.98. The molecule has 35 heavy (non-hydrogen) atoms. The van der Waals surface area contributed by atoms with Crippen molar-refractivity contribution in [3.63, 3.8) is 0 Å². The van der Waals surface area contributed by atoms with Crippen molar-refractivity contribution in [3.8, 4) is 5.75 Å². The van der Waals surface area contributed by atoms with Crippen molar-refractivity contribution in [2.45, 2.75) is 32.5 Å². The van der Waals surface area contributed by atoms with Gasteiger partial charge in [-0.05, 0) is 49.7 Å². The molecule has 0 unspecified atom stereocenters. The van der Waals surface area contributed by atoms with Gasteiger partial charge in [-0.3, -0.25) is 14.6 Å². The smallest absolute Gasteiger partial charge is 0.459 e. The van der Waals surface area contributed by atoms with Gasteiger partial charge in [-0.1, -0.05) is 6.07 Å². The third-order valence-electron chi connectivity index (χ3n) is 4.66. The molecule has 0 bridgehead atoms. The first-order valence-electron chi connectivity index (χ1n) is 9.81. The summed E-state index contributed by atoms with van der Waals surface area (Å²) in [4.78, 5) is 15.5. The summed E-state index contributed by atoms with van der Waals surface area (Å²) >= 11 is 0. The number of phenolic OH excluding ortho intramolecular Hbond substituents is 1. The number of hydrogen-bond donors (Lipinski definition) is 2. The average molecular weight is 493 g/mol. The second kappa shape index (κ2) is 9.45. The lowest BCUT2D eigenvalue weighted by molar-refractivity contribution is -0.290. The fourth-order valence-corrected chi connectivity index (χ4v) is 2.83. The van der Waals surface area contributed by atoms with Crippen LogP contribution in [0.1, 0.15) is 18.2 Å². The number of aryl methyl sites for hydroxylation is 2. The van der Waals surface area contributed by atoms with Crippen LogP contribution < -0.4 is 5.56 Å². The standard InChI is InChI=1S/C21H16F5N7O2/c1-4-33-19(35)17(18(32-33)20(22,23)21(24,25)26)31-28-12-6-8-13(15(10-12)27-3)29-30-14-7-5-11(2)9-16(14)34/h5-10,32,34H,4H2,1-2H3. The molecule has 14 heteroatoms. The summed E-state index contributed by atoms with van der Waals surface area (Å²) < 4.78 is 67.0. The number of rotatable bonds is 6. The molecular weight excluding hydrogens is 477 g/mol. The molecule has 0 amide bonds. The van der Waals surface area contributed by atoms with Gasteiger partial charge in [0.2, 0.25) is 5.69 Å². The SMILES string of the molecule is [C-]#[N+]c1cc(N=Nc2c(C(F)(F)C(F)(F)F)[nH]n(CC)c2=O)ccc1N=Nc1ccc(C)cc1O. The number of phenols is 1. The first-order chi connectivity index (χ1) is 16.4. The Morgan fingerprint density at radius 2 is 1.69 bits per heavy atom. The van der Waals surface area contributed by atoms with E-state index in [-0.39, 0.29) is 35.0 Å². The van der Waals surface area contributed by atoms with E-state index >= 15 is 0 Å². The molecule has 0 atom stereocenters. The van der Waals surface area contributed by atoms with Gasteiger partial charge in [0.1, 0.15) is 17.1 Å². The summed E-state index contributed by atoms with van der Waals surface area (Å²) in [5.41, 5.74) is -3.38. The van der Waals surface area contributed by atoms with Crippen molar-refractivity contribution in [1.82, 2.24) is 9.78 Å². The van der Waals surface area contributed by atoms with E-state index in [0.717, 1.165) is 11.6 Å². The number of nitrogens with one attached hydrogen (secondary N) is 1. The third-order valence-corrected chi connectivity index (χ3v) is 4.66. The lowest BCUT2D eigenvalue weighted by Gasteiger charge is -2.18. The number of hydrogen-bond acceptors (Lipinski definition) is 6. The number of alkyl halides is 5. The first-order valence-corrected chi connectivity index (χ1v) is 9.81. The van der Waals surface area contributed by atoms with Gasteiger partial charge in [0.05, 0.1) is 17.9 Å². The van der Waals surface area contributed by atoms with Gasteiger partial charge in [-0.25, -0.2) is 4.85 Å². The Morgan fingerprint density at radius 1 is 1.03 bits per heavy atom. The molecule has 2 aromatic carbocycles. The van der Waals surface area contributed by atoms with Crippen molar-refractivity contribution in [2.24, 2.45) is 20.5 Å². The highest BCUT2D eigenvalue weighted by Crippen LogP contribution is 2.45. The van der Waals surface area contributed by atoms with Crippen molar-refractivity contribution in [2.75, 3.05) is 0 Å². The molecule has 0 aliphatic heterocycles. The normalized spacial score (nSPS) is 12.5. The highest BCUT2D eigenvalue weighted by molar-refractivity contribution is 5.71. The monoisotopic (exact) mass is 493 g/mol. The topological polar surface area (TPSA) is 112 Å². The van der Waals surface area contributed by atoms with E-state index in [4.69, 9.17) is 6.57 Å². The molecule has 2 N–H and O–H groups in total. The Kier molecular flexibility index (Phi) is 6.81. The van der Waals surface area contributed by atoms with Crippen LogP contribution in [0, 0.1) is 13.5 Å². The number of aromatic amines is 1. The van der Waals surface area contributed by atoms with Crippen molar-refractivity contribution in [1.29, 1.82) is 0 Å². The molecule has 0 fully saturated rings. The molecule has 3 rings (SSSR count). The Bertz CT molecular complexity index is 1410. The van der Waals surface area contributed by atoms with Crippen LogP contribution >= 0.6 is 0 Å². The van der Waals surface area contributed by atoms with Crippen LogP contribution in [-0.2, 0) is 12.5 Å². The van der Waals surface area contributed by atoms with Crippen molar-refractivity contribution >= 4 is 28.4 Å². The number of azo groups is 2. The summed E-state index contributed by atoms with van der Waals surface area (Å²) in [5, 5.41) is 26.3. The highest BCUT2D eigenvalue weighted by atomic mass is 19.4. The van der Waals surface area contributed by atoms with E-state index in [1.54, 1.807) is 18.1 Å². The Hall–Kier alpha value is -4.41. The molecule has 9 nitrogen and oxygen atoms in total. The van der Waals surface area contributed by atoms with Gasteiger partial charge in [0, 0.05) is 6.54 Å². The lowest BCUT2D eigenvalue weighted by Crippen LogP contribution is -2.34. The second-order valence-corrected chi connectivity index (χ2v) is 7.13. The number of aromatic nitrogens is 2. The van der Waals surface area contributed by atoms with E-state index in [0.29, 0.717) is 4.68 Å². The van der Waals surface area contributed by atoms with Crippen molar-refractivity contribution in [3.05, 3.63) is 69.4 Å². The molecule has 0 radical (unpaired) electrons. The second-order valence-electron chi connectivity index (χ2n) is 7.13. The first kappa shape index (κ1) is 25.2. The quantitative estimate of drug-likeness (QED) is 0.214. The zero-order valence-electron chi connectivity index (χ0n) is 18.1. The van der Waals surface area contributed by atoms with Crippen LogP contribution in [0.25, 0.3) is 4.85 Å². The summed E-state index contributed by atoms with van der Waals surface area (Å²) in [7, 11) is 0. The molecule has 3 aromatic rings. The van der Waals surface area contributed by atoms with Gasteiger partial charge in [-0.15, -0.1) is 10.2 Å². The molecular formula is C21H16F5N7O2. The van der Waals surface area contributed by atoms with Gasteiger partial charge in [0.25, 0.3) is 5.56 Å². The molecule has 0 aliphatic rings. The van der Waals surface area contributed by atoms with Crippen LogP contribution in [-0.4, -0.2) is 21.1 Å². The number of nitrogens with zero attached hydrogens (tertiary/aromatic N) is 6. The zero-order valence-corrected chi connectivity index (χ0v) is 18.1. The summed E-state index contributed by atoms with van der Waals surface area (Å²) in [6, 6.07) is 8.33. The summed E-state index contributed by atoms with van der Waals surface area (Å²) in [6.45, 7) is 10.2. The highest BCUT2D eigenvalue weighted by Gasteiger charge is 2.61. The maximum Gasteiger partial charge on any atom is 0.459 e. The van der Waals surface area contributed by atoms with E-state index in [9.17, 15) is 31.9 Å². The van der Waals surface area contributed by atoms with Gasteiger partial charge < -0.3 is 5.11 Å². The summed E-state index contributed by atoms with van der Waals surface area (Å²) in [5.74, 6) is -5.51. The average Bonchev–Trinajstić information content (AvgIpc) is 3.12. The maximum atomic E-state index is 13.9. The van der Waals surface area contributed by atoms with E-state index in [1.165, 1.54) is 31.2 Å². The number of aromatic hydroxyl groups is 1. The van der Waals surface area contributed by atoms with Crippen LogP contribution in [0.5, 0.6) is 5.75 Å². The zero-order chi connectivity index (χ0) is 26.0.